The van der Waals surface area contributed by atoms with Crippen molar-refractivity contribution >= 4 is 49.8 Å². The van der Waals surface area contributed by atoms with E-state index >= 15 is 0 Å². The van der Waals surface area contributed by atoms with Gasteiger partial charge >= 0.3 is 0 Å². The van der Waals surface area contributed by atoms with E-state index in [2.05, 4.69) is 25.2 Å². The molecule has 158 valence electrons. The molecule has 2 aromatic carbocycles. The lowest BCUT2D eigenvalue weighted by Gasteiger charge is -2.07. The van der Waals surface area contributed by atoms with Gasteiger partial charge in [-0.3, -0.25) is 9.52 Å². The third kappa shape index (κ3) is 5.48. The van der Waals surface area contributed by atoms with E-state index in [-0.39, 0.29) is 26.9 Å². The minimum absolute atomic E-state index is 0.0576. The lowest BCUT2D eigenvalue weighted by Crippen LogP contribution is -2.15. The fraction of sp³-hybridized carbons (Fsp3) is 0.0526. The first-order chi connectivity index (χ1) is 15.0. The Morgan fingerprint density at radius 2 is 1.84 bits per heavy atom. The summed E-state index contributed by atoms with van der Waals surface area (Å²) < 4.78 is 32.6. The molecule has 0 radical (unpaired) electrons. The zero-order valence-corrected chi connectivity index (χ0v) is 18.2. The highest BCUT2D eigenvalue weighted by Gasteiger charge is 2.16. The molecule has 2 N–H and O–H groups in total. The standard InChI is InChI=1S/C19H15N5O4S3/c25-16(12-30-19-23-22-17(28-19)13-4-2-1-3-5-13)21-14-6-8-15(9-7-14)31(26,27)24-18-20-10-11-29-18/h1-11H,12H2,(H,20,24)(H,21,25). The van der Waals surface area contributed by atoms with E-state index in [0.717, 1.165) is 17.3 Å². The maximum absolute atomic E-state index is 12.3. The maximum Gasteiger partial charge on any atom is 0.277 e. The molecule has 0 bridgehead atoms. The lowest BCUT2D eigenvalue weighted by molar-refractivity contribution is -0.113. The van der Waals surface area contributed by atoms with Gasteiger partial charge in [0.2, 0.25) is 11.8 Å². The molecule has 4 aromatic rings. The van der Waals surface area contributed by atoms with Gasteiger partial charge < -0.3 is 9.73 Å². The number of aromatic nitrogens is 3. The van der Waals surface area contributed by atoms with E-state index in [1.807, 2.05) is 30.3 Å². The van der Waals surface area contributed by atoms with Crippen LogP contribution in [0.5, 0.6) is 0 Å². The van der Waals surface area contributed by atoms with E-state index in [1.54, 1.807) is 5.38 Å². The van der Waals surface area contributed by atoms with Crippen LogP contribution < -0.4 is 10.0 Å². The second kappa shape index (κ2) is 9.29. The van der Waals surface area contributed by atoms with Gasteiger partial charge in [-0.05, 0) is 36.4 Å². The maximum atomic E-state index is 12.3. The lowest BCUT2D eigenvalue weighted by atomic mass is 10.2. The van der Waals surface area contributed by atoms with Crippen LogP contribution in [0.1, 0.15) is 0 Å². The van der Waals surface area contributed by atoms with Gasteiger partial charge in [-0.1, -0.05) is 30.0 Å². The molecule has 0 spiro atoms. The molecule has 0 saturated carbocycles. The summed E-state index contributed by atoms with van der Waals surface area (Å²) in [6.45, 7) is 0. The van der Waals surface area contributed by atoms with Gasteiger partial charge in [-0.2, -0.15) is 0 Å². The van der Waals surface area contributed by atoms with Crippen LogP contribution in [-0.4, -0.2) is 35.3 Å². The smallest absolute Gasteiger partial charge is 0.277 e. The second-order valence-corrected chi connectivity index (χ2v) is 9.55. The Hall–Kier alpha value is -3.22. The average Bonchev–Trinajstić information content (AvgIpc) is 3.45. The highest BCUT2D eigenvalue weighted by molar-refractivity contribution is 7.99. The minimum Gasteiger partial charge on any atom is -0.411 e. The second-order valence-electron chi connectivity index (χ2n) is 6.04. The molecular formula is C19H15N5O4S3. The van der Waals surface area contributed by atoms with Crippen LogP contribution in [0.15, 0.2) is 80.7 Å². The molecule has 4 rings (SSSR count). The van der Waals surface area contributed by atoms with Crippen molar-refractivity contribution in [1.82, 2.24) is 15.2 Å². The van der Waals surface area contributed by atoms with Gasteiger partial charge in [-0.15, -0.1) is 21.5 Å². The van der Waals surface area contributed by atoms with E-state index in [4.69, 9.17) is 4.42 Å². The van der Waals surface area contributed by atoms with Crippen LogP contribution >= 0.6 is 23.1 Å². The summed E-state index contributed by atoms with van der Waals surface area (Å²) >= 11 is 2.29. The number of carbonyl (C=O) groups excluding carboxylic acids is 1. The molecule has 0 atom stereocenters. The molecule has 0 aliphatic rings. The Morgan fingerprint density at radius 3 is 2.55 bits per heavy atom. The van der Waals surface area contributed by atoms with Crippen molar-refractivity contribution < 1.29 is 17.6 Å². The third-order valence-electron chi connectivity index (χ3n) is 3.86. The molecular weight excluding hydrogens is 458 g/mol. The van der Waals surface area contributed by atoms with Crippen molar-refractivity contribution in [3.8, 4) is 11.5 Å². The normalized spacial score (nSPS) is 11.2. The molecule has 2 aromatic heterocycles. The summed E-state index contributed by atoms with van der Waals surface area (Å²) in [7, 11) is -3.74. The van der Waals surface area contributed by atoms with Crippen molar-refractivity contribution in [3.63, 3.8) is 0 Å². The van der Waals surface area contributed by atoms with Gasteiger partial charge in [0.1, 0.15) is 0 Å². The molecule has 12 heteroatoms. The van der Waals surface area contributed by atoms with Crippen LogP contribution in [-0.2, 0) is 14.8 Å². The Morgan fingerprint density at radius 1 is 1.06 bits per heavy atom. The Labute approximate surface area is 186 Å². The summed E-state index contributed by atoms with van der Waals surface area (Å²) in [6.07, 6.45) is 1.51. The van der Waals surface area contributed by atoms with Crippen LogP contribution in [0, 0.1) is 0 Å². The molecule has 0 saturated heterocycles. The molecule has 1 amide bonds. The highest BCUT2D eigenvalue weighted by atomic mass is 32.2. The van der Waals surface area contributed by atoms with E-state index in [0.29, 0.717) is 11.6 Å². The summed E-state index contributed by atoms with van der Waals surface area (Å²) in [5.41, 5.74) is 1.26. The molecule has 9 nitrogen and oxygen atoms in total. The first-order valence-electron chi connectivity index (χ1n) is 8.83. The van der Waals surface area contributed by atoms with Gasteiger partial charge in [-0.25, -0.2) is 13.4 Å². The minimum atomic E-state index is -3.74. The molecule has 0 aliphatic carbocycles. The molecule has 31 heavy (non-hydrogen) atoms. The summed E-state index contributed by atoms with van der Waals surface area (Å²) in [5.74, 6) is 0.148. The van der Waals surface area contributed by atoms with Crippen molar-refractivity contribution in [3.05, 3.63) is 66.2 Å². The van der Waals surface area contributed by atoms with Crippen molar-refractivity contribution in [2.45, 2.75) is 10.1 Å². The number of hydrogen-bond donors (Lipinski definition) is 2. The number of hydrogen-bond acceptors (Lipinski definition) is 9. The van der Waals surface area contributed by atoms with Crippen LogP contribution in [0.3, 0.4) is 0 Å². The Kier molecular flexibility index (Phi) is 6.30. The number of carbonyl (C=O) groups is 1. The Bertz CT molecular complexity index is 1260. The largest absolute Gasteiger partial charge is 0.411 e. The topological polar surface area (TPSA) is 127 Å². The van der Waals surface area contributed by atoms with Gasteiger partial charge in [0, 0.05) is 22.8 Å². The van der Waals surface area contributed by atoms with E-state index < -0.39 is 10.0 Å². The summed E-state index contributed by atoms with van der Waals surface area (Å²) in [5, 5.41) is 12.8. The van der Waals surface area contributed by atoms with Crippen molar-refractivity contribution in [2.24, 2.45) is 0 Å². The van der Waals surface area contributed by atoms with Crippen LogP contribution in [0.2, 0.25) is 0 Å². The predicted molar refractivity (Wildman–Crippen MR) is 118 cm³/mol. The van der Waals surface area contributed by atoms with Crippen LogP contribution in [0.25, 0.3) is 11.5 Å². The number of nitrogens with one attached hydrogen (secondary N) is 2. The predicted octanol–water partition coefficient (Wildman–Crippen LogP) is 3.72. The number of sulfonamides is 1. The fourth-order valence-electron chi connectivity index (χ4n) is 2.45. The Balaban J connectivity index is 1.31. The zero-order chi connectivity index (χ0) is 21.7. The molecule has 2 heterocycles. The fourth-order valence-corrected chi connectivity index (χ4v) is 4.81. The number of anilines is 2. The van der Waals surface area contributed by atoms with E-state index in [1.165, 1.54) is 41.8 Å². The number of benzene rings is 2. The molecule has 0 aliphatic heterocycles. The first-order valence-corrected chi connectivity index (χ1v) is 12.2. The number of amides is 1. The number of nitrogens with zero attached hydrogens (tertiary/aromatic N) is 3. The summed E-state index contributed by atoms with van der Waals surface area (Å²) in [6, 6.07) is 15.2. The SMILES string of the molecule is O=C(CSc1nnc(-c2ccccc2)o1)Nc1ccc(S(=O)(=O)Nc2nccs2)cc1. The molecule has 0 fully saturated rings. The average molecular weight is 474 g/mol. The summed E-state index contributed by atoms with van der Waals surface area (Å²) in [4.78, 5) is 16.2. The quantitative estimate of drug-likeness (QED) is 0.371. The number of thiazole rings is 1. The zero-order valence-electron chi connectivity index (χ0n) is 15.8. The van der Waals surface area contributed by atoms with E-state index in [9.17, 15) is 13.2 Å². The van der Waals surface area contributed by atoms with Gasteiger partial charge in [0.05, 0.1) is 10.6 Å². The monoisotopic (exact) mass is 473 g/mol. The molecule has 0 unspecified atom stereocenters. The van der Waals surface area contributed by atoms with Crippen molar-refractivity contribution in [1.29, 1.82) is 0 Å². The van der Waals surface area contributed by atoms with Gasteiger partial charge in [0.15, 0.2) is 5.13 Å². The highest BCUT2D eigenvalue weighted by Crippen LogP contribution is 2.23. The van der Waals surface area contributed by atoms with Gasteiger partial charge in [0.25, 0.3) is 15.2 Å². The third-order valence-corrected chi connectivity index (χ3v) is 6.85. The number of thioether (sulfide) groups is 1. The number of rotatable bonds is 8. The first kappa shape index (κ1) is 21.0. The van der Waals surface area contributed by atoms with Crippen LogP contribution in [0.4, 0.5) is 10.8 Å². The van der Waals surface area contributed by atoms with Crippen molar-refractivity contribution in [2.75, 3.05) is 15.8 Å².